The smallest absolute Gasteiger partial charge is 0.413 e. The maximum absolute atomic E-state index is 12.3. The van der Waals surface area contributed by atoms with E-state index in [-0.39, 0.29) is 0 Å². The van der Waals surface area contributed by atoms with Gasteiger partial charge in [0.2, 0.25) is 0 Å². The van der Waals surface area contributed by atoms with Crippen molar-refractivity contribution < 1.29 is 46.1 Å². The molecule has 0 heterocycles. The Kier molecular flexibility index (Phi) is 4.03. The van der Waals surface area contributed by atoms with Crippen LogP contribution in [0.25, 0.3) is 0 Å². The predicted molar refractivity (Wildman–Crippen MR) is 39.0 cm³/mol. The molecule has 0 radical (unpaired) electrons. The quantitative estimate of drug-likeness (QED) is 0.765. The van der Waals surface area contributed by atoms with Crippen molar-refractivity contribution in [2.75, 3.05) is 0 Å². The van der Waals surface area contributed by atoms with Crippen LogP contribution in [0.3, 0.4) is 0 Å². The number of carboxylic acids is 2. The fraction of sp³-hybridized carbons (Fsp3) is 0.714. The number of rotatable bonds is 4. The lowest BCUT2D eigenvalue weighted by atomic mass is 9.81. The van der Waals surface area contributed by atoms with Crippen LogP contribution < -0.4 is 0 Å². The van der Waals surface area contributed by atoms with Crippen LogP contribution in [-0.4, -0.2) is 34.5 Å². The summed E-state index contributed by atoms with van der Waals surface area (Å²) in [4.78, 5) is 20.3. The van der Waals surface area contributed by atoms with E-state index in [0.29, 0.717) is 0 Å². The molecule has 0 fully saturated rings. The van der Waals surface area contributed by atoms with Crippen molar-refractivity contribution >= 4 is 11.9 Å². The molecule has 0 spiro atoms. The number of aliphatic carboxylic acids is 2. The lowest BCUT2D eigenvalue weighted by Crippen LogP contribution is -2.55. The zero-order valence-corrected chi connectivity index (χ0v) is 7.89. The summed E-state index contributed by atoms with van der Waals surface area (Å²) in [5.41, 5.74) is -5.06. The van der Waals surface area contributed by atoms with Crippen LogP contribution in [0.1, 0.15) is 12.8 Å². The minimum atomic E-state index is -6.13. The van der Waals surface area contributed by atoms with Gasteiger partial charge >= 0.3 is 24.3 Å². The molecule has 0 aliphatic rings. The lowest BCUT2D eigenvalue weighted by Gasteiger charge is -2.32. The van der Waals surface area contributed by atoms with E-state index in [9.17, 15) is 35.9 Å². The molecule has 0 unspecified atom stereocenters. The van der Waals surface area contributed by atoms with Crippen molar-refractivity contribution in [3.05, 3.63) is 0 Å². The van der Waals surface area contributed by atoms with E-state index in [4.69, 9.17) is 10.2 Å². The molecular formula is C7H6F6O4. The normalized spacial score (nSPS) is 13.5. The van der Waals surface area contributed by atoms with Gasteiger partial charge in [-0.05, 0) is 6.42 Å². The van der Waals surface area contributed by atoms with Crippen LogP contribution in [-0.2, 0) is 9.59 Å². The monoisotopic (exact) mass is 268 g/mol. The summed E-state index contributed by atoms with van der Waals surface area (Å²) in [6, 6.07) is 0. The van der Waals surface area contributed by atoms with Crippen LogP contribution in [0.2, 0.25) is 0 Å². The van der Waals surface area contributed by atoms with Gasteiger partial charge in [0, 0.05) is 6.42 Å². The van der Waals surface area contributed by atoms with Crippen molar-refractivity contribution in [2.45, 2.75) is 25.2 Å². The first-order valence-electron chi connectivity index (χ1n) is 3.95. The third kappa shape index (κ3) is 2.80. The summed E-state index contributed by atoms with van der Waals surface area (Å²) >= 11 is 0. The summed E-state index contributed by atoms with van der Waals surface area (Å²) in [5.74, 6) is -5.12. The molecule has 17 heavy (non-hydrogen) atoms. The molecule has 0 aromatic heterocycles. The van der Waals surface area contributed by atoms with Gasteiger partial charge in [0.25, 0.3) is 5.41 Å². The molecule has 0 bridgehead atoms. The van der Waals surface area contributed by atoms with Crippen LogP contribution in [0.4, 0.5) is 26.3 Å². The molecule has 0 saturated heterocycles. The highest BCUT2D eigenvalue weighted by Crippen LogP contribution is 2.53. The van der Waals surface area contributed by atoms with Gasteiger partial charge in [0.05, 0.1) is 0 Å². The number of hydrogen-bond acceptors (Lipinski definition) is 2. The molecule has 0 aliphatic heterocycles. The van der Waals surface area contributed by atoms with E-state index in [0.717, 1.165) is 0 Å². The molecule has 0 rings (SSSR count). The molecule has 100 valence electrons. The average molecular weight is 268 g/mol. The summed E-state index contributed by atoms with van der Waals surface area (Å²) < 4.78 is 73.7. The minimum Gasteiger partial charge on any atom is -0.481 e. The Labute approximate surface area is 89.8 Å². The topological polar surface area (TPSA) is 74.6 Å². The molecule has 0 amide bonds. The van der Waals surface area contributed by atoms with Crippen molar-refractivity contribution in [3.8, 4) is 0 Å². The Balaban J connectivity index is 5.60. The summed E-state index contributed by atoms with van der Waals surface area (Å²) in [6.45, 7) is 0. The van der Waals surface area contributed by atoms with Gasteiger partial charge in [-0.1, -0.05) is 0 Å². The van der Waals surface area contributed by atoms with Crippen LogP contribution in [0.5, 0.6) is 0 Å². The second-order valence-electron chi connectivity index (χ2n) is 3.10. The first-order valence-corrected chi connectivity index (χ1v) is 3.95. The van der Waals surface area contributed by atoms with E-state index in [1.165, 1.54) is 0 Å². The van der Waals surface area contributed by atoms with Gasteiger partial charge in [0.15, 0.2) is 0 Å². The van der Waals surface area contributed by atoms with Gasteiger partial charge in [-0.15, -0.1) is 0 Å². The third-order valence-electron chi connectivity index (χ3n) is 2.05. The Hall–Kier alpha value is -1.48. The van der Waals surface area contributed by atoms with Crippen molar-refractivity contribution in [3.63, 3.8) is 0 Å². The number of carboxylic acid groups (broad SMARTS) is 2. The van der Waals surface area contributed by atoms with Gasteiger partial charge in [-0.25, -0.2) is 0 Å². The van der Waals surface area contributed by atoms with Gasteiger partial charge < -0.3 is 10.2 Å². The Morgan fingerprint density at radius 1 is 0.882 bits per heavy atom. The first kappa shape index (κ1) is 15.5. The number of alkyl halides is 6. The third-order valence-corrected chi connectivity index (χ3v) is 2.05. The molecule has 0 aromatic carbocycles. The number of halogens is 6. The molecule has 10 heteroatoms. The maximum Gasteiger partial charge on any atom is 0.413 e. The standard InChI is InChI=1S/C7H6F6O4/c8-6(9,10)5(4(16)17,7(11,12)13)2-1-3(14)15/h1-2H2,(H,14,15)(H,16,17). The fourth-order valence-corrected chi connectivity index (χ4v) is 1.09. The highest BCUT2D eigenvalue weighted by Gasteiger charge is 2.75. The van der Waals surface area contributed by atoms with Crippen LogP contribution in [0.15, 0.2) is 0 Å². The summed E-state index contributed by atoms with van der Waals surface area (Å²) in [6.07, 6.45) is -15.9. The Bertz CT molecular complexity index is 303. The SMILES string of the molecule is O=C(O)CCC(C(=O)O)(C(F)(F)F)C(F)(F)F. The summed E-state index contributed by atoms with van der Waals surface area (Å²) in [5, 5.41) is 16.2. The van der Waals surface area contributed by atoms with Crippen LogP contribution >= 0.6 is 0 Å². The maximum atomic E-state index is 12.3. The molecule has 2 N–H and O–H groups in total. The highest BCUT2D eigenvalue weighted by atomic mass is 19.4. The largest absolute Gasteiger partial charge is 0.481 e. The molecule has 0 saturated carbocycles. The second kappa shape index (κ2) is 4.41. The van der Waals surface area contributed by atoms with Gasteiger partial charge in [0.1, 0.15) is 0 Å². The zero-order valence-electron chi connectivity index (χ0n) is 7.89. The fourth-order valence-electron chi connectivity index (χ4n) is 1.09. The summed E-state index contributed by atoms with van der Waals surface area (Å²) in [7, 11) is 0. The Morgan fingerprint density at radius 2 is 1.24 bits per heavy atom. The predicted octanol–water partition coefficient (Wildman–Crippen LogP) is 2.05. The van der Waals surface area contributed by atoms with E-state index >= 15 is 0 Å². The van der Waals surface area contributed by atoms with Crippen molar-refractivity contribution in [1.29, 1.82) is 0 Å². The zero-order chi connectivity index (χ0) is 14.1. The average Bonchev–Trinajstić information content (AvgIpc) is 1.97. The molecule has 4 nitrogen and oxygen atoms in total. The van der Waals surface area contributed by atoms with E-state index < -0.39 is 42.5 Å². The molecular weight excluding hydrogens is 262 g/mol. The minimum absolute atomic E-state index is 1.56. The van der Waals surface area contributed by atoms with Gasteiger partial charge in [-0.2, -0.15) is 26.3 Å². The van der Waals surface area contributed by atoms with Gasteiger partial charge in [-0.3, -0.25) is 9.59 Å². The van der Waals surface area contributed by atoms with Crippen molar-refractivity contribution in [2.24, 2.45) is 5.41 Å². The van der Waals surface area contributed by atoms with E-state index in [1.807, 2.05) is 0 Å². The Morgan fingerprint density at radius 3 is 1.41 bits per heavy atom. The number of carbonyl (C=O) groups is 2. The van der Waals surface area contributed by atoms with Crippen molar-refractivity contribution in [1.82, 2.24) is 0 Å². The highest BCUT2D eigenvalue weighted by molar-refractivity contribution is 5.78. The van der Waals surface area contributed by atoms with E-state index in [1.54, 1.807) is 0 Å². The van der Waals surface area contributed by atoms with Crippen LogP contribution in [0, 0.1) is 5.41 Å². The lowest BCUT2D eigenvalue weighted by molar-refractivity contribution is -0.332. The second-order valence-corrected chi connectivity index (χ2v) is 3.10. The molecule has 0 aliphatic carbocycles. The number of hydrogen-bond donors (Lipinski definition) is 2. The van der Waals surface area contributed by atoms with E-state index in [2.05, 4.69) is 0 Å². The molecule has 0 aromatic rings. The first-order chi connectivity index (χ1) is 7.36. The molecule has 0 atom stereocenters.